The maximum atomic E-state index is 12.7. The molecule has 0 aliphatic heterocycles. The molecule has 0 spiro atoms. The molecule has 0 aliphatic carbocycles. The van der Waals surface area contributed by atoms with E-state index in [1.165, 1.54) is 18.3 Å². The monoisotopic (exact) mass is 630 g/mol. The summed E-state index contributed by atoms with van der Waals surface area (Å²) >= 11 is 3.83. The summed E-state index contributed by atoms with van der Waals surface area (Å²) in [6.45, 7) is -0.122. The molecular formula is C25H30N10O8S. The molecular weight excluding hydrogens is 600 g/mol. The molecule has 0 aliphatic rings. The van der Waals surface area contributed by atoms with Gasteiger partial charge in [0.05, 0.1) is 18.4 Å². The van der Waals surface area contributed by atoms with Gasteiger partial charge in [-0.1, -0.05) is 0 Å². The van der Waals surface area contributed by atoms with E-state index in [-0.39, 0.29) is 54.4 Å². The fourth-order valence-electron chi connectivity index (χ4n) is 3.61. The number of carbonyl (C=O) groups is 5. The van der Waals surface area contributed by atoms with E-state index in [1.54, 1.807) is 12.1 Å². The number of nitrogen functional groups attached to an aromatic ring is 1. The summed E-state index contributed by atoms with van der Waals surface area (Å²) in [5, 5.41) is 38.4. The van der Waals surface area contributed by atoms with Gasteiger partial charge in [0, 0.05) is 30.0 Å². The SMILES string of the molecule is Nc1nc(O)c2nc(CNc3ccc(C(=O)N[C@@H](CCC(=O)NC[C@@H](N)C(=O)N[C@@H](CS)C(=O)O)C(=O)O)cc3)cnc2n1. The normalized spacial score (nSPS) is 12.9. The third kappa shape index (κ3) is 9.36. The summed E-state index contributed by atoms with van der Waals surface area (Å²) in [6.07, 6.45) is 0.883. The van der Waals surface area contributed by atoms with Crippen LogP contribution in [0.3, 0.4) is 0 Å². The lowest BCUT2D eigenvalue weighted by Gasteiger charge is -2.17. The standard InChI is InChI=1S/C25H30N10O8S/c26-14(21(38)33-16(10-44)24(42)43)9-29-17(36)6-5-15(23(40)41)32-20(37)11-1-3-12(4-2-11)28-7-13-8-30-19-18(31-13)22(39)35-25(27)34-19/h1-4,8,14-16,28,44H,5-7,9-10,26H2,(H,29,36)(H,32,37)(H,33,38)(H,40,41)(H,42,43)(H3,27,30,34,35,39)/t14-,15+,16+/m1/s1. The van der Waals surface area contributed by atoms with Crippen molar-refractivity contribution in [1.82, 2.24) is 35.9 Å². The average Bonchev–Trinajstić information content (AvgIpc) is 2.99. The number of nitrogens with zero attached hydrogens (tertiary/aromatic N) is 4. The second-order valence-corrected chi connectivity index (χ2v) is 9.63. The van der Waals surface area contributed by atoms with Crippen LogP contribution in [0.25, 0.3) is 11.2 Å². The number of aromatic hydroxyl groups is 1. The van der Waals surface area contributed by atoms with Crippen LogP contribution in [0.2, 0.25) is 0 Å². The lowest BCUT2D eigenvalue weighted by Crippen LogP contribution is -2.53. The number of hydrogen-bond acceptors (Lipinski definition) is 14. The van der Waals surface area contributed by atoms with Crippen LogP contribution in [0, 0.1) is 0 Å². The van der Waals surface area contributed by atoms with Crippen molar-refractivity contribution in [3.63, 3.8) is 0 Å². The van der Waals surface area contributed by atoms with Crippen molar-refractivity contribution in [3.05, 3.63) is 41.7 Å². The Balaban J connectivity index is 1.47. The highest BCUT2D eigenvalue weighted by atomic mass is 32.1. The number of carboxylic acid groups (broad SMARTS) is 2. The van der Waals surface area contributed by atoms with Gasteiger partial charge in [0.2, 0.25) is 23.6 Å². The number of nitrogens with two attached hydrogens (primary N) is 2. The van der Waals surface area contributed by atoms with E-state index in [2.05, 4.69) is 53.8 Å². The summed E-state index contributed by atoms with van der Waals surface area (Å²) in [5.74, 6) is -5.48. The zero-order valence-electron chi connectivity index (χ0n) is 22.9. The van der Waals surface area contributed by atoms with Gasteiger partial charge in [-0.15, -0.1) is 0 Å². The number of thiol groups is 1. The van der Waals surface area contributed by atoms with Crippen molar-refractivity contribution in [2.75, 3.05) is 23.3 Å². The molecule has 19 heteroatoms. The zero-order valence-corrected chi connectivity index (χ0v) is 23.8. The molecule has 18 nitrogen and oxygen atoms in total. The maximum absolute atomic E-state index is 12.7. The lowest BCUT2D eigenvalue weighted by atomic mass is 10.1. The molecule has 3 amide bonds. The number of anilines is 2. The Labute approximate surface area is 254 Å². The van der Waals surface area contributed by atoms with Gasteiger partial charge in [-0.25, -0.2) is 19.6 Å². The minimum absolute atomic E-state index is 0.0857. The van der Waals surface area contributed by atoms with Crippen molar-refractivity contribution in [2.24, 2.45) is 5.73 Å². The summed E-state index contributed by atoms with van der Waals surface area (Å²) in [5.41, 5.74) is 12.6. The van der Waals surface area contributed by atoms with E-state index in [0.717, 1.165) is 0 Å². The van der Waals surface area contributed by atoms with Gasteiger partial charge in [-0.05, 0) is 30.7 Å². The van der Waals surface area contributed by atoms with E-state index in [1.807, 2.05) is 0 Å². The fourth-order valence-corrected chi connectivity index (χ4v) is 3.85. The van der Waals surface area contributed by atoms with Gasteiger partial charge in [-0.2, -0.15) is 22.6 Å². The van der Waals surface area contributed by atoms with Gasteiger partial charge in [0.1, 0.15) is 18.1 Å². The number of aromatic nitrogens is 4. The predicted octanol–water partition coefficient (Wildman–Crippen LogP) is -1.77. The van der Waals surface area contributed by atoms with Crippen LogP contribution in [0.4, 0.5) is 11.6 Å². The second kappa shape index (κ2) is 15.3. The molecule has 0 bridgehead atoms. The predicted molar refractivity (Wildman–Crippen MR) is 158 cm³/mol. The Hall–Kier alpha value is -5.30. The second-order valence-electron chi connectivity index (χ2n) is 9.27. The number of fused-ring (bicyclic) bond motifs is 1. The molecule has 1 aromatic carbocycles. The quantitative estimate of drug-likeness (QED) is 0.0831. The Bertz CT molecular complexity index is 1540. The number of carboxylic acids is 2. The summed E-state index contributed by atoms with van der Waals surface area (Å²) in [6, 6.07) is 2.20. The summed E-state index contributed by atoms with van der Waals surface area (Å²) in [7, 11) is 0. The maximum Gasteiger partial charge on any atom is 0.327 e. The number of rotatable bonds is 15. The van der Waals surface area contributed by atoms with Gasteiger partial charge < -0.3 is 48.1 Å². The summed E-state index contributed by atoms with van der Waals surface area (Å²) < 4.78 is 0. The molecule has 11 N–H and O–H groups in total. The molecule has 0 radical (unpaired) electrons. The minimum atomic E-state index is -1.39. The van der Waals surface area contributed by atoms with Crippen LogP contribution in [0.1, 0.15) is 28.9 Å². The zero-order chi connectivity index (χ0) is 32.4. The highest BCUT2D eigenvalue weighted by Gasteiger charge is 2.24. The van der Waals surface area contributed by atoms with E-state index >= 15 is 0 Å². The summed E-state index contributed by atoms with van der Waals surface area (Å²) in [4.78, 5) is 75.4. The van der Waals surface area contributed by atoms with Gasteiger partial charge in [-0.3, -0.25) is 14.4 Å². The van der Waals surface area contributed by atoms with E-state index in [4.69, 9.17) is 16.6 Å². The first-order chi connectivity index (χ1) is 20.9. The van der Waals surface area contributed by atoms with Crippen LogP contribution in [-0.2, 0) is 25.7 Å². The highest BCUT2D eigenvalue weighted by Crippen LogP contribution is 2.19. The van der Waals surface area contributed by atoms with E-state index < -0.39 is 53.7 Å². The van der Waals surface area contributed by atoms with Crippen molar-refractivity contribution in [1.29, 1.82) is 0 Å². The molecule has 2 aromatic heterocycles. The number of carbonyl (C=O) groups excluding carboxylic acids is 3. The minimum Gasteiger partial charge on any atom is -0.492 e. The van der Waals surface area contributed by atoms with Crippen LogP contribution in [0.15, 0.2) is 30.5 Å². The third-order valence-electron chi connectivity index (χ3n) is 5.99. The molecule has 0 fully saturated rings. The number of nitrogens with one attached hydrogen (secondary N) is 4. The molecule has 44 heavy (non-hydrogen) atoms. The van der Waals surface area contributed by atoms with Crippen molar-refractivity contribution in [3.8, 4) is 5.88 Å². The van der Waals surface area contributed by atoms with Crippen LogP contribution >= 0.6 is 12.6 Å². The fraction of sp³-hybridized carbons (Fsp3) is 0.320. The average molecular weight is 631 g/mol. The molecule has 3 rings (SSSR count). The number of benzene rings is 1. The Morgan fingerprint density at radius 1 is 0.955 bits per heavy atom. The van der Waals surface area contributed by atoms with Crippen molar-refractivity contribution >= 4 is 65.1 Å². The Morgan fingerprint density at radius 3 is 2.27 bits per heavy atom. The molecule has 0 unspecified atom stereocenters. The van der Waals surface area contributed by atoms with Gasteiger partial charge in [0.15, 0.2) is 11.2 Å². The Kier molecular flexibility index (Phi) is 11.5. The smallest absolute Gasteiger partial charge is 0.327 e. The number of aliphatic carboxylic acids is 2. The highest BCUT2D eigenvalue weighted by molar-refractivity contribution is 7.80. The Morgan fingerprint density at radius 2 is 1.64 bits per heavy atom. The third-order valence-corrected chi connectivity index (χ3v) is 6.36. The first kappa shape index (κ1) is 33.2. The lowest BCUT2D eigenvalue weighted by molar-refractivity contribution is -0.141. The first-order valence-corrected chi connectivity index (χ1v) is 13.5. The van der Waals surface area contributed by atoms with Crippen LogP contribution in [0.5, 0.6) is 5.88 Å². The topological polar surface area (TPSA) is 298 Å². The van der Waals surface area contributed by atoms with E-state index in [9.17, 15) is 34.2 Å². The largest absolute Gasteiger partial charge is 0.492 e. The molecule has 0 saturated carbocycles. The molecule has 0 saturated heterocycles. The van der Waals surface area contributed by atoms with Gasteiger partial charge >= 0.3 is 11.9 Å². The molecule has 3 atom stereocenters. The first-order valence-electron chi connectivity index (χ1n) is 12.9. The van der Waals surface area contributed by atoms with Crippen LogP contribution in [-0.4, -0.2) is 95.3 Å². The number of amides is 3. The van der Waals surface area contributed by atoms with Gasteiger partial charge in [0.25, 0.3) is 5.91 Å². The number of hydrogen-bond donors (Lipinski definition) is 10. The van der Waals surface area contributed by atoms with Crippen molar-refractivity contribution in [2.45, 2.75) is 37.5 Å². The van der Waals surface area contributed by atoms with E-state index in [0.29, 0.717) is 11.4 Å². The molecule has 2 heterocycles. The van der Waals surface area contributed by atoms with Crippen LogP contribution < -0.4 is 32.7 Å². The van der Waals surface area contributed by atoms with Crippen molar-refractivity contribution < 1.29 is 39.3 Å². The molecule has 3 aromatic rings. The molecule has 234 valence electrons.